The summed E-state index contributed by atoms with van der Waals surface area (Å²) in [4.78, 5) is 4.79. The molecule has 1 aromatic heterocycles. The molecule has 104 valence electrons. The second-order valence-electron chi connectivity index (χ2n) is 5.14. The van der Waals surface area contributed by atoms with Gasteiger partial charge in [-0.15, -0.1) is 12.4 Å². The Morgan fingerprint density at radius 3 is 2.30 bits per heavy atom. The van der Waals surface area contributed by atoms with Crippen molar-refractivity contribution >= 4 is 23.4 Å². The van der Waals surface area contributed by atoms with Crippen LogP contribution in [0.15, 0.2) is 54.6 Å². The minimum absolute atomic E-state index is 0. The number of rotatable bonds is 3. The molecule has 0 bridgehead atoms. The number of hydrogen-bond acceptors (Lipinski definition) is 1. The fraction of sp³-hybridized carbons (Fsp3) is 0.235. The highest BCUT2D eigenvalue weighted by Gasteiger charge is 2.12. The van der Waals surface area contributed by atoms with Crippen molar-refractivity contribution in [3.05, 3.63) is 66.0 Å². The van der Waals surface area contributed by atoms with E-state index in [2.05, 4.69) is 66.9 Å². The van der Waals surface area contributed by atoms with Gasteiger partial charge in [-0.25, -0.2) is 4.98 Å². The maximum absolute atomic E-state index is 4.79. The van der Waals surface area contributed by atoms with Gasteiger partial charge in [-0.1, -0.05) is 42.5 Å². The zero-order valence-electron chi connectivity index (χ0n) is 11.8. The van der Waals surface area contributed by atoms with E-state index in [1.807, 2.05) is 6.07 Å². The Kier molecular flexibility index (Phi) is 4.46. The van der Waals surface area contributed by atoms with E-state index in [-0.39, 0.29) is 12.4 Å². The molecule has 2 aromatic carbocycles. The Bertz CT molecular complexity index is 687. The van der Waals surface area contributed by atoms with Gasteiger partial charge in [-0.05, 0) is 31.5 Å². The van der Waals surface area contributed by atoms with Gasteiger partial charge in [0.25, 0.3) is 0 Å². The van der Waals surface area contributed by atoms with Gasteiger partial charge in [-0.2, -0.15) is 0 Å². The zero-order valence-corrected chi connectivity index (χ0v) is 12.6. The number of aromatic nitrogens is 2. The number of hydrogen-bond donors (Lipinski definition) is 0. The summed E-state index contributed by atoms with van der Waals surface area (Å²) in [5.41, 5.74) is 3.62. The van der Waals surface area contributed by atoms with Gasteiger partial charge >= 0.3 is 0 Å². The van der Waals surface area contributed by atoms with E-state index < -0.39 is 0 Å². The summed E-state index contributed by atoms with van der Waals surface area (Å²) in [5, 5.41) is 0. The van der Waals surface area contributed by atoms with Crippen LogP contribution < -0.4 is 0 Å². The molecule has 0 N–H and O–H groups in total. The van der Waals surface area contributed by atoms with Crippen molar-refractivity contribution in [2.24, 2.45) is 0 Å². The highest BCUT2D eigenvalue weighted by atomic mass is 35.5. The van der Waals surface area contributed by atoms with Crippen molar-refractivity contribution in [2.45, 2.75) is 26.3 Å². The lowest BCUT2D eigenvalue weighted by Crippen LogP contribution is -2.06. The van der Waals surface area contributed by atoms with E-state index in [1.165, 1.54) is 11.1 Å². The molecule has 0 saturated carbocycles. The van der Waals surface area contributed by atoms with Crippen LogP contribution in [0.1, 0.15) is 31.3 Å². The average Bonchev–Trinajstić information content (AvgIpc) is 2.77. The molecule has 0 saturated heterocycles. The summed E-state index contributed by atoms with van der Waals surface area (Å²) in [7, 11) is 0. The number of fused-ring (bicyclic) bond motifs is 1. The normalized spacial score (nSPS) is 10.8. The summed E-state index contributed by atoms with van der Waals surface area (Å²) in [6.07, 6.45) is 0.883. The van der Waals surface area contributed by atoms with Crippen LogP contribution in [0.25, 0.3) is 11.0 Å². The molecule has 0 aliphatic rings. The largest absolute Gasteiger partial charge is 0.325 e. The van der Waals surface area contributed by atoms with E-state index >= 15 is 0 Å². The molecule has 2 nitrogen and oxygen atoms in total. The Morgan fingerprint density at radius 1 is 0.950 bits per heavy atom. The van der Waals surface area contributed by atoms with Gasteiger partial charge < -0.3 is 4.57 Å². The number of benzene rings is 2. The minimum atomic E-state index is 0. The molecule has 1 heterocycles. The van der Waals surface area contributed by atoms with E-state index in [4.69, 9.17) is 4.98 Å². The summed E-state index contributed by atoms with van der Waals surface area (Å²) in [6, 6.07) is 19.3. The van der Waals surface area contributed by atoms with Crippen LogP contribution in [0.5, 0.6) is 0 Å². The number of para-hydroxylation sites is 2. The average molecular weight is 287 g/mol. The van der Waals surface area contributed by atoms with Crippen LogP contribution >= 0.6 is 12.4 Å². The van der Waals surface area contributed by atoms with Gasteiger partial charge in [0, 0.05) is 12.5 Å². The van der Waals surface area contributed by atoms with E-state index in [9.17, 15) is 0 Å². The quantitative estimate of drug-likeness (QED) is 0.686. The third kappa shape index (κ3) is 2.70. The molecule has 0 unspecified atom stereocenters. The fourth-order valence-electron chi connectivity index (χ4n) is 2.57. The molecule has 0 aliphatic heterocycles. The number of nitrogens with zero attached hydrogens (tertiary/aromatic N) is 2. The molecule has 3 heteroatoms. The molecule has 3 rings (SSSR count). The second-order valence-corrected chi connectivity index (χ2v) is 5.14. The number of halogens is 1. The lowest BCUT2D eigenvalue weighted by Gasteiger charge is -2.13. The van der Waals surface area contributed by atoms with Gasteiger partial charge in [0.05, 0.1) is 11.0 Å². The third-order valence-electron chi connectivity index (χ3n) is 3.39. The third-order valence-corrected chi connectivity index (χ3v) is 3.39. The molecule has 20 heavy (non-hydrogen) atoms. The molecule has 0 radical (unpaired) electrons. The van der Waals surface area contributed by atoms with Crippen molar-refractivity contribution in [3.63, 3.8) is 0 Å². The Hall–Kier alpha value is -1.80. The lowest BCUT2D eigenvalue weighted by molar-refractivity contribution is 0.591. The Balaban J connectivity index is 0.00000147. The SMILES string of the molecule is CC(C)n1c(Cc2ccccc2)nc2ccccc21.Cl. The van der Waals surface area contributed by atoms with Gasteiger partial charge in [0.15, 0.2) is 0 Å². The molecule has 0 aliphatic carbocycles. The molecular formula is C17H19ClN2. The highest BCUT2D eigenvalue weighted by molar-refractivity contribution is 5.85. The standard InChI is InChI=1S/C17H18N2.ClH/c1-13(2)19-16-11-7-6-10-15(16)18-17(19)12-14-8-4-3-5-9-14;/h3-11,13H,12H2,1-2H3;1H. The first-order chi connectivity index (χ1) is 9.25. The summed E-state index contributed by atoms with van der Waals surface area (Å²) >= 11 is 0. The zero-order chi connectivity index (χ0) is 13.2. The smallest absolute Gasteiger partial charge is 0.114 e. The van der Waals surface area contributed by atoms with Crippen LogP contribution in [0, 0.1) is 0 Å². The van der Waals surface area contributed by atoms with Gasteiger partial charge in [-0.3, -0.25) is 0 Å². The lowest BCUT2D eigenvalue weighted by atomic mass is 10.1. The Morgan fingerprint density at radius 2 is 1.60 bits per heavy atom. The molecular weight excluding hydrogens is 268 g/mol. The summed E-state index contributed by atoms with van der Waals surface area (Å²) in [5.74, 6) is 1.14. The molecule has 0 amide bonds. The van der Waals surface area contributed by atoms with Crippen LogP contribution in [0.3, 0.4) is 0 Å². The van der Waals surface area contributed by atoms with E-state index in [0.717, 1.165) is 17.8 Å². The van der Waals surface area contributed by atoms with Crippen LogP contribution in [-0.2, 0) is 6.42 Å². The molecule has 0 atom stereocenters. The minimum Gasteiger partial charge on any atom is -0.325 e. The summed E-state index contributed by atoms with van der Waals surface area (Å²) in [6.45, 7) is 4.42. The topological polar surface area (TPSA) is 17.8 Å². The first kappa shape index (κ1) is 14.6. The first-order valence-electron chi connectivity index (χ1n) is 6.75. The predicted molar refractivity (Wildman–Crippen MR) is 86.6 cm³/mol. The summed E-state index contributed by atoms with van der Waals surface area (Å²) < 4.78 is 2.34. The first-order valence-corrected chi connectivity index (χ1v) is 6.75. The maximum Gasteiger partial charge on any atom is 0.114 e. The van der Waals surface area contributed by atoms with E-state index in [0.29, 0.717) is 6.04 Å². The molecule has 0 fully saturated rings. The van der Waals surface area contributed by atoms with Crippen LogP contribution in [0.2, 0.25) is 0 Å². The maximum atomic E-state index is 4.79. The second kappa shape index (κ2) is 6.10. The highest BCUT2D eigenvalue weighted by Crippen LogP contribution is 2.22. The van der Waals surface area contributed by atoms with Crippen LogP contribution in [-0.4, -0.2) is 9.55 Å². The van der Waals surface area contributed by atoms with Gasteiger partial charge in [0.1, 0.15) is 5.82 Å². The monoisotopic (exact) mass is 286 g/mol. The predicted octanol–water partition coefficient (Wildman–Crippen LogP) is 4.63. The van der Waals surface area contributed by atoms with Crippen LogP contribution in [0.4, 0.5) is 0 Å². The van der Waals surface area contributed by atoms with Crippen molar-refractivity contribution in [3.8, 4) is 0 Å². The number of imidazole rings is 1. The molecule has 0 spiro atoms. The fourth-order valence-corrected chi connectivity index (χ4v) is 2.57. The van der Waals surface area contributed by atoms with Gasteiger partial charge in [0.2, 0.25) is 0 Å². The van der Waals surface area contributed by atoms with Crippen molar-refractivity contribution in [1.29, 1.82) is 0 Å². The Labute approximate surface area is 125 Å². The van der Waals surface area contributed by atoms with E-state index in [1.54, 1.807) is 0 Å². The van der Waals surface area contributed by atoms with Crippen molar-refractivity contribution < 1.29 is 0 Å². The molecule has 3 aromatic rings. The van der Waals surface area contributed by atoms with Crippen molar-refractivity contribution in [2.75, 3.05) is 0 Å². The van der Waals surface area contributed by atoms with Crippen molar-refractivity contribution in [1.82, 2.24) is 9.55 Å².